The normalized spacial score (nSPS) is 13.9. The van der Waals surface area contributed by atoms with Gasteiger partial charge >= 0.3 is 7.75 Å². The van der Waals surface area contributed by atoms with Crippen molar-refractivity contribution < 1.29 is 18.7 Å². The molecule has 0 saturated carbocycles. The monoisotopic (exact) mass is 388 g/mol. The highest BCUT2D eigenvalue weighted by atomic mass is 31.2. The van der Waals surface area contributed by atoms with E-state index >= 15 is 0 Å². The van der Waals surface area contributed by atoms with Crippen LogP contribution in [0.15, 0.2) is 11.1 Å². The summed E-state index contributed by atoms with van der Waals surface area (Å²) >= 11 is 0. The Morgan fingerprint density at radius 3 is 2.96 bits per heavy atom. The highest BCUT2D eigenvalue weighted by Crippen LogP contribution is 2.36. The molecule has 0 aromatic carbocycles. The van der Waals surface area contributed by atoms with Crippen LogP contribution >= 0.6 is 7.75 Å². The van der Waals surface area contributed by atoms with Gasteiger partial charge in [0.1, 0.15) is 6.73 Å². The molecule has 0 spiro atoms. The lowest BCUT2D eigenvalue weighted by Crippen LogP contribution is -2.17. The molecular formula is C14H25N6O5P. The second-order valence-corrected chi connectivity index (χ2v) is 7.31. The fourth-order valence-electron chi connectivity index (χ4n) is 2.30. The predicted molar refractivity (Wildman–Crippen MR) is 96.4 cm³/mol. The molecule has 5 N–H and O–H groups in total. The number of ether oxygens (including phenoxy) is 1. The van der Waals surface area contributed by atoms with Gasteiger partial charge in [-0.25, -0.2) is 14.6 Å². The van der Waals surface area contributed by atoms with E-state index in [9.17, 15) is 14.3 Å². The molecule has 0 radical (unpaired) electrons. The molecule has 26 heavy (non-hydrogen) atoms. The summed E-state index contributed by atoms with van der Waals surface area (Å²) < 4.78 is 23.5. The molecule has 1 unspecified atom stereocenters. The number of hydrogen-bond acceptors (Lipinski definition) is 7. The quantitative estimate of drug-likeness (QED) is 0.307. The molecule has 0 aliphatic carbocycles. The summed E-state index contributed by atoms with van der Waals surface area (Å²) in [6.45, 7) is 2.55. The molecular weight excluding hydrogens is 363 g/mol. The zero-order valence-corrected chi connectivity index (χ0v) is 15.6. The van der Waals surface area contributed by atoms with Crippen molar-refractivity contribution in [2.75, 3.05) is 25.5 Å². The predicted octanol–water partition coefficient (Wildman–Crippen LogP) is 0.963. The number of nitrogen functional groups attached to an aromatic ring is 1. The maximum absolute atomic E-state index is 11.9. The van der Waals surface area contributed by atoms with Crippen molar-refractivity contribution in [3.8, 4) is 0 Å². The maximum Gasteiger partial charge on any atom is 0.403 e. The minimum Gasteiger partial charge on any atom is -0.369 e. The number of unbranched alkanes of at least 4 members (excludes halogenated alkanes) is 3. The van der Waals surface area contributed by atoms with E-state index in [4.69, 9.17) is 15.0 Å². The van der Waals surface area contributed by atoms with Gasteiger partial charge in [-0.3, -0.25) is 14.3 Å². The van der Waals surface area contributed by atoms with Crippen LogP contribution in [0.1, 0.15) is 32.6 Å². The van der Waals surface area contributed by atoms with Gasteiger partial charge in [-0.1, -0.05) is 26.2 Å². The van der Waals surface area contributed by atoms with Gasteiger partial charge in [-0.2, -0.15) is 4.98 Å². The molecule has 0 fully saturated rings. The minimum atomic E-state index is -3.82. The zero-order valence-electron chi connectivity index (χ0n) is 14.7. The molecule has 0 amide bonds. The fourth-order valence-corrected chi connectivity index (χ4v) is 3.16. The van der Waals surface area contributed by atoms with Crippen LogP contribution in [0.2, 0.25) is 0 Å². The van der Waals surface area contributed by atoms with E-state index in [-0.39, 0.29) is 37.1 Å². The van der Waals surface area contributed by atoms with Crippen LogP contribution in [-0.2, 0) is 20.6 Å². The largest absolute Gasteiger partial charge is 0.403 e. The number of nitrogens with zero attached hydrogens (tertiary/aromatic N) is 3. The van der Waals surface area contributed by atoms with Gasteiger partial charge in [0.05, 0.1) is 19.5 Å². The number of fused-ring (bicyclic) bond motifs is 1. The molecule has 0 bridgehead atoms. The van der Waals surface area contributed by atoms with E-state index in [2.05, 4.69) is 27.0 Å². The van der Waals surface area contributed by atoms with Crippen molar-refractivity contribution >= 4 is 24.9 Å². The Morgan fingerprint density at radius 1 is 1.38 bits per heavy atom. The molecule has 0 aliphatic heterocycles. The second kappa shape index (κ2) is 9.79. The summed E-state index contributed by atoms with van der Waals surface area (Å²) in [6, 6.07) is 0. The number of aromatic nitrogens is 4. The first-order chi connectivity index (χ1) is 12.4. The van der Waals surface area contributed by atoms with Crippen LogP contribution in [-0.4, -0.2) is 44.2 Å². The molecule has 1 atom stereocenters. The fraction of sp³-hybridized carbons (Fsp3) is 0.643. The number of anilines is 1. The molecule has 2 rings (SSSR count). The number of nitrogens with one attached hydrogen (secondary N) is 2. The summed E-state index contributed by atoms with van der Waals surface area (Å²) in [5.41, 5.74) is 5.49. The third kappa shape index (κ3) is 6.19. The van der Waals surface area contributed by atoms with Crippen molar-refractivity contribution in [1.82, 2.24) is 24.6 Å². The summed E-state index contributed by atoms with van der Waals surface area (Å²) in [5.74, 6) is -0.0111. The molecule has 2 aromatic rings. The van der Waals surface area contributed by atoms with E-state index in [0.717, 1.165) is 25.7 Å². The highest BCUT2D eigenvalue weighted by molar-refractivity contribution is 7.50. The molecule has 2 aromatic heterocycles. The Kier molecular flexibility index (Phi) is 7.73. The summed E-state index contributed by atoms with van der Waals surface area (Å²) in [7, 11) is -3.82. The molecule has 2 heterocycles. The summed E-state index contributed by atoms with van der Waals surface area (Å²) in [4.78, 5) is 31.8. The van der Waals surface area contributed by atoms with E-state index in [0.29, 0.717) is 6.54 Å². The Hall–Kier alpha value is -1.78. The highest BCUT2D eigenvalue weighted by Gasteiger charge is 2.17. The Labute approximate surface area is 150 Å². The van der Waals surface area contributed by atoms with Crippen molar-refractivity contribution in [2.45, 2.75) is 39.3 Å². The zero-order chi connectivity index (χ0) is 19.0. The Balaban J connectivity index is 1.71. The number of hydrogen-bond donors (Lipinski definition) is 4. The molecule has 146 valence electrons. The average Bonchev–Trinajstić information content (AvgIpc) is 2.97. The first-order valence-corrected chi connectivity index (χ1v) is 10.0. The third-order valence-electron chi connectivity index (χ3n) is 3.57. The first kappa shape index (κ1) is 20.5. The topological polar surface area (TPSA) is 157 Å². The Bertz CT molecular complexity index is 807. The van der Waals surface area contributed by atoms with Gasteiger partial charge in [0.25, 0.3) is 5.56 Å². The van der Waals surface area contributed by atoms with Gasteiger partial charge in [0.15, 0.2) is 11.2 Å². The first-order valence-electron chi connectivity index (χ1n) is 8.44. The smallest absolute Gasteiger partial charge is 0.369 e. The van der Waals surface area contributed by atoms with E-state index in [1.807, 2.05) is 0 Å². The Morgan fingerprint density at radius 2 is 2.19 bits per heavy atom. The van der Waals surface area contributed by atoms with Gasteiger partial charge in [-0.15, -0.1) is 0 Å². The van der Waals surface area contributed by atoms with Crippen LogP contribution < -0.4 is 16.4 Å². The number of imidazole rings is 1. The van der Waals surface area contributed by atoms with Gasteiger partial charge in [0.2, 0.25) is 5.95 Å². The van der Waals surface area contributed by atoms with Crippen molar-refractivity contribution in [2.24, 2.45) is 0 Å². The molecule has 11 nitrogen and oxygen atoms in total. The van der Waals surface area contributed by atoms with Gasteiger partial charge < -0.3 is 19.9 Å². The standard InChI is InChI=1S/C14H25N6O5P/c1-2-3-4-5-6-17-26(22,23)25-8-7-24-10-20-9-16-12-11(20)13(21)19-14(15)18-12/h9H,2-8,10H2,1H3,(H2,17,22,23)(H3,15,18,19,21). The minimum absolute atomic E-state index is 0.0111. The van der Waals surface area contributed by atoms with Crippen LogP contribution in [0.3, 0.4) is 0 Å². The number of nitrogens with two attached hydrogens (primary N) is 1. The SMILES string of the molecule is CCCCCCNP(=O)(O)OCCOCn1cnc2nc(N)[nH]c(=O)c21. The summed E-state index contributed by atoms with van der Waals surface area (Å²) in [5, 5.41) is 2.51. The van der Waals surface area contributed by atoms with E-state index in [1.54, 1.807) is 0 Å². The molecule has 12 heteroatoms. The number of rotatable bonds is 12. The second-order valence-electron chi connectivity index (χ2n) is 5.70. The maximum atomic E-state index is 11.9. The van der Waals surface area contributed by atoms with Crippen LogP contribution in [0.5, 0.6) is 0 Å². The number of H-pyrrole nitrogens is 1. The van der Waals surface area contributed by atoms with Crippen LogP contribution in [0.25, 0.3) is 11.2 Å². The van der Waals surface area contributed by atoms with Gasteiger partial charge in [0, 0.05) is 6.54 Å². The van der Waals surface area contributed by atoms with E-state index in [1.165, 1.54) is 10.9 Å². The lowest BCUT2D eigenvalue weighted by atomic mass is 10.2. The lowest BCUT2D eigenvalue weighted by Gasteiger charge is -2.13. The van der Waals surface area contributed by atoms with Crippen LogP contribution in [0.4, 0.5) is 5.95 Å². The van der Waals surface area contributed by atoms with E-state index < -0.39 is 13.3 Å². The summed E-state index contributed by atoms with van der Waals surface area (Å²) in [6.07, 6.45) is 5.43. The number of aromatic amines is 1. The third-order valence-corrected chi connectivity index (χ3v) is 4.72. The average molecular weight is 388 g/mol. The van der Waals surface area contributed by atoms with Crippen LogP contribution in [0, 0.1) is 0 Å². The van der Waals surface area contributed by atoms with Gasteiger partial charge in [-0.05, 0) is 6.42 Å². The molecule has 0 saturated heterocycles. The molecule has 0 aliphatic rings. The van der Waals surface area contributed by atoms with Crippen molar-refractivity contribution in [3.63, 3.8) is 0 Å². The lowest BCUT2D eigenvalue weighted by molar-refractivity contribution is 0.0524. The van der Waals surface area contributed by atoms with Crippen molar-refractivity contribution in [3.05, 3.63) is 16.7 Å². The van der Waals surface area contributed by atoms with Crippen molar-refractivity contribution in [1.29, 1.82) is 0 Å².